The molecule has 9 heteroatoms. The molecule has 0 saturated carbocycles. The number of carbonyl (C=O) groups is 2. The molecule has 0 radical (unpaired) electrons. The van der Waals surface area contributed by atoms with Crippen LogP contribution >= 0.6 is 11.8 Å². The molecular weight excluding hydrogens is 426 g/mol. The summed E-state index contributed by atoms with van der Waals surface area (Å²) in [4.78, 5) is 29.6. The second-order valence-electron chi connectivity index (χ2n) is 7.66. The van der Waals surface area contributed by atoms with E-state index in [4.69, 9.17) is 0 Å². The Bertz CT molecular complexity index is 1080. The van der Waals surface area contributed by atoms with Gasteiger partial charge < -0.3 is 14.8 Å². The van der Waals surface area contributed by atoms with Crippen molar-refractivity contribution in [1.29, 1.82) is 0 Å². The first kappa shape index (κ1) is 22.0. The van der Waals surface area contributed by atoms with E-state index in [9.17, 15) is 14.7 Å². The summed E-state index contributed by atoms with van der Waals surface area (Å²) in [5, 5.41) is 20.4. The van der Waals surface area contributed by atoms with Gasteiger partial charge in [0, 0.05) is 48.6 Å². The number of likely N-dealkylation sites (tertiary alicyclic amines) is 1. The van der Waals surface area contributed by atoms with Gasteiger partial charge in [-0.2, -0.15) is 0 Å². The number of hydrogen-bond acceptors (Lipinski definition) is 7. The first-order valence-electron chi connectivity index (χ1n) is 10.6. The van der Waals surface area contributed by atoms with Gasteiger partial charge in [0.2, 0.25) is 5.91 Å². The van der Waals surface area contributed by atoms with Crippen molar-refractivity contribution in [2.75, 3.05) is 18.8 Å². The van der Waals surface area contributed by atoms with E-state index in [2.05, 4.69) is 34.2 Å². The van der Waals surface area contributed by atoms with Crippen molar-refractivity contribution in [3.8, 4) is 17.1 Å². The highest BCUT2D eigenvalue weighted by atomic mass is 32.2. The summed E-state index contributed by atoms with van der Waals surface area (Å²) in [7, 11) is 0. The third-order valence-corrected chi connectivity index (χ3v) is 6.59. The molecule has 2 aromatic heterocycles. The summed E-state index contributed by atoms with van der Waals surface area (Å²) in [5.74, 6) is -0.645. The highest BCUT2D eigenvalue weighted by molar-refractivity contribution is 7.99. The summed E-state index contributed by atoms with van der Waals surface area (Å²) in [6.45, 7) is 2.98. The molecule has 3 aromatic rings. The monoisotopic (exact) mass is 450 g/mol. The Balaban J connectivity index is 1.54. The van der Waals surface area contributed by atoms with Crippen LogP contribution in [0.1, 0.15) is 25.3 Å². The van der Waals surface area contributed by atoms with Crippen LogP contribution in [-0.2, 0) is 16.0 Å². The molecule has 0 atom stereocenters. The number of piperidine rings is 1. The van der Waals surface area contributed by atoms with E-state index < -0.39 is 11.9 Å². The zero-order valence-corrected chi connectivity index (χ0v) is 18.6. The number of aliphatic carboxylic acids is 1. The summed E-state index contributed by atoms with van der Waals surface area (Å²) in [6, 6.07) is 12.0. The molecule has 0 spiro atoms. The van der Waals surface area contributed by atoms with Crippen LogP contribution in [0.25, 0.3) is 17.1 Å². The summed E-state index contributed by atoms with van der Waals surface area (Å²) >= 11 is 1.33. The maximum absolute atomic E-state index is 12.7. The van der Waals surface area contributed by atoms with Gasteiger partial charge in [0.25, 0.3) is 0 Å². The number of carboxylic acid groups (broad SMARTS) is 1. The van der Waals surface area contributed by atoms with Crippen LogP contribution in [0.5, 0.6) is 0 Å². The zero-order valence-electron chi connectivity index (χ0n) is 17.8. The fourth-order valence-corrected chi connectivity index (χ4v) is 4.60. The highest BCUT2D eigenvalue weighted by Crippen LogP contribution is 2.28. The number of aryl methyl sites for hydroxylation is 1. The SMILES string of the molecule is CCc1ccc(-n2c(SCC(=O)N3CCC(C(=O)[O-])CC3)nnc2-c2ccncc2)cc1. The van der Waals surface area contributed by atoms with E-state index in [0.29, 0.717) is 36.9 Å². The first-order chi connectivity index (χ1) is 15.6. The topological polar surface area (TPSA) is 104 Å². The second-order valence-corrected chi connectivity index (χ2v) is 8.60. The lowest BCUT2D eigenvalue weighted by Crippen LogP contribution is -2.44. The number of amides is 1. The van der Waals surface area contributed by atoms with Gasteiger partial charge in [0.1, 0.15) is 0 Å². The van der Waals surface area contributed by atoms with Crippen LogP contribution in [0.2, 0.25) is 0 Å². The number of thioether (sulfide) groups is 1. The maximum Gasteiger partial charge on any atom is 0.233 e. The molecule has 1 aromatic carbocycles. The van der Waals surface area contributed by atoms with Gasteiger partial charge in [-0.15, -0.1) is 10.2 Å². The standard InChI is InChI=1S/C23H25N5O3S/c1-2-16-3-5-19(6-4-16)28-21(17-7-11-24-12-8-17)25-26-23(28)32-15-20(29)27-13-9-18(10-14-27)22(30)31/h3-8,11-12,18H,2,9-10,13-15H2,1H3,(H,30,31)/p-1. The Hall–Kier alpha value is -3.20. The van der Waals surface area contributed by atoms with E-state index in [1.807, 2.05) is 28.8 Å². The normalized spacial score (nSPS) is 14.5. The van der Waals surface area contributed by atoms with Crippen molar-refractivity contribution in [2.24, 2.45) is 5.92 Å². The van der Waals surface area contributed by atoms with Gasteiger partial charge >= 0.3 is 0 Å². The molecule has 4 rings (SSSR count). The molecule has 1 aliphatic rings. The van der Waals surface area contributed by atoms with Gasteiger partial charge in [-0.3, -0.25) is 14.3 Å². The fourth-order valence-electron chi connectivity index (χ4n) is 3.75. The van der Waals surface area contributed by atoms with Crippen molar-refractivity contribution >= 4 is 23.6 Å². The molecule has 1 fully saturated rings. The third-order valence-electron chi connectivity index (χ3n) is 5.68. The number of aromatic nitrogens is 4. The van der Waals surface area contributed by atoms with E-state index in [1.54, 1.807) is 17.3 Å². The molecule has 1 amide bonds. The Morgan fingerprint density at radius 3 is 2.38 bits per heavy atom. The van der Waals surface area contributed by atoms with Crippen molar-refractivity contribution in [1.82, 2.24) is 24.6 Å². The van der Waals surface area contributed by atoms with Gasteiger partial charge in [-0.1, -0.05) is 30.8 Å². The number of benzene rings is 1. The molecule has 32 heavy (non-hydrogen) atoms. The van der Waals surface area contributed by atoms with E-state index in [0.717, 1.165) is 17.7 Å². The average Bonchev–Trinajstić information content (AvgIpc) is 3.27. The molecule has 0 bridgehead atoms. The number of pyridine rings is 1. The summed E-state index contributed by atoms with van der Waals surface area (Å²) < 4.78 is 1.95. The molecule has 166 valence electrons. The fraction of sp³-hybridized carbons (Fsp3) is 0.348. The quantitative estimate of drug-likeness (QED) is 0.507. The van der Waals surface area contributed by atoms with Crippen molar-refractivity contribution in [3.63, 3.8) is 0 Å². The number of rotatable bonds is 7. The lowest BCUT2D eigenvalue weighted by molar-refractivity contribution is -0.312. The van der Waals surface area contributed by atoms with Crippen molar-refractivity contribution in [2.45, 2.75) is 31.3 Å². The van der Waals surface area contributed by atoms with Crippen LogP contribution in [0.3, 0.4) is 0 Å². The lowest BCUT2D eigenvalue weighted by atomic mass is 9.97. The first-order valence-corrected chi connectivity index (χ1v) is 11.6. The van der Waals surface area contributed by atoms with Crippen molar-refractivity contribution < 1.29 is 14.7 Å². The summed E-state index contributed by atoms with van der Waals surface area (Å²) in [5.41, 5.74) is 3.04. The molecule has 0 unspecified atom stereocenters. The van der Waals surface area contributed by atoms with Crippen LogP contribution in [0.15, 0.2) is 53.9 Å². The zero-order chi connectivity index (χ0) is 22.5. The smallest absolute Gasteiger partial charge is 0.233 e. The molecule has 0 N–H and O–H groups in total. The average molecular weight is 451 g/mol. The van der Waals surface area contributed by atoms with Gasteiger partial charge in [0.05, 0.1) is 5.75 Å². The lowest BCUT2D eigenvalue weighted by Gasteiger charge is -2.32. The van der Waals surface area contributed by atoms with Crippen LogP contribution in [-0.4, -0.2) is 55.4 Å². The predicted octanol–water partition coefficient (Wildman–Crippen LogP) is 1.97. The number of nitrogens with zero attached hydrogens (tertiary/aromatic N) is 5. The molecule has 1 aliphatic heterocycles. The Morgan fingerprint density at radius 1 is 1.06 bits per heavy atom. The molecule has 8 nitrogen and oxygen atoms in total. The van der Waals surface area contributed by atoms with Gasteiger partial charge in [-0.25, -0.2) is 0 Å². The van der Waals surface area contributed by atoms with Gasteiger partial charge in [0.15, 0.2) is 11.0 Å². The largest absolute Gasteiger partial charge is 0.550 e. The van der Waals surface area contributed by atoms with E-state index >= 15 is 0 Å². The molecular formula is C23H24N5O3S-. The third kappa shape index (κ3) is 4.83. The van der Waals surface area contributed by atoms with Gasteiger partial charge in [-0.05, 0) is 49.1 Å². The summed E-state index contributed by atoms with van der Waals surface area (Å²) in [6.07, 6.45) is 5.24. The number of carboxylic acids is 1. The maximum atomic E-state index is 12.7. The second kappa shape index (κ2) is 9.95. The van der Waals surface area contributed by atoms with Crippen LogP contribution in [0.4, 0.5) is 0 Å². The number of hydrogen-bond donors (Lipinski definition) is 0. The minimum absolute atomic E-state index is 0.0341. The molecule has 0 aliphatic carbocycles. The van der Waals surface area contributed by atoms with E-state index in [-0.39, 0.29) is 11.7 Å². The van der Waals surface area contributed by atoms with Crippen LogP contribution in [0, 0.1) is 5.92 Å². The predicted molar refractivity (Wildman–Crippen MR) is 119 cm³/mol. The Labute approximate surface area is 190 Å². The van der Waals surface area contributed by atoms with E-state index in [1.165, 1.54) is 17.3 Å². The molecule has 3 heterocycles. The number of carbonyl (C=O) groups excluding carboxylic acids is 2. The van der Waals surface area contributed by atoms with Crippen LogP contribution < -0.4 is 5.11 Å². The van der Waals surface area contributed by atoms with Crippen molar-refractivity contribution in [3.05, 3.63) is 54.4 Å². The highest BCUT2D eigenvalue weighted by Gasteiger charge is 2.24. The Kier molecular flexibility index (Phi) is 6.84. The Morgan fingerprint density at radius 2 is 1.75 bits per heavy atom. The minimum Gasteiger partial charge on any atom is -0.550 e. The molecule has 1 saturated heterocycles. The minimum atomic E-state index is -1.03.